The fourth-order valence-corrected chi connectivity index (χ4v) is 3.20. The average molecular weight is 227 g/mol. The van der Waals surface area contributed by atoms with Crippen LogP contribution in [-0.4, -0.2) is 15.8 Å². The van der Waals surface area contributed by atoms with Gasteiger partial charge in [-0.3, -0.25) is 0 Å². The minimum absolute atomic E-state index is 0.0681. The van der Waals surface area contributed by atoms with E-state index < -0.39 is 0 Å². The second-order valence-electron chi connectivity index (χ2n) is 3.20. The van der Waals surface area contributed by atoms with Crippen molar-refractivity contribution in [3.8, 4) is 0 Å². The molecule has 0 bridgehead atoms. The van der Waals surface area contributed by atoms with Crippen molar-refractivity contribution in [3.05, 3.63) is 44.6 Å². The van der Waals surface area contributed by atoms with E-state index in [2.05, 4.69) is 46.2 Å². The molecule has 0 nitrogen and oxygen atoms in total. The molecule has 1 aliphatic carbocycles. The molecule has 0 amide bonds. The Morgan fingerprint density at radius 3 is 3.08 bits per heavy atom. The van der Waals surface area contributed by atoms with Crippen molar-refractivity contribution in [2.24, 2.45) is 0 Å². The number of hydrogen-bond donors (Lipinski definition) is 0. The number of fused-ring (bicyclic) bond motifs is 2. The first kappa shape index (κ1) is 7.41. The van der Waals surface area contributed by atoms with Gasteiger partial charge in [0.15, 0.2) is 0 Å². The van der Waals surface area contributed by atoms with Gasteiger partial charge in [0.25, 0.3) is 0 Å². The second-order valence-corrected chi connectivity index (χ2v) is 5.03. The van der Waals surface area contributed by atoms with Crippen molar-refractivity contribution >= 4 is 38.8 Å². The van der Waals surface area contributed by atoms with E-state index in [0.29, 0.717) is 0 Å². The average Bonchev–Trinajstić information content (AvgIpc) is 2.61. The van der Waals surface area contributed by atoms with Crippen LogP contribution < -0.4 is 10.4 Å². The third-order valence-corrected chi connectivity index (χ3v) is 3.93. The molecule has 13 heavy (non-hydrogen) atoms. The zero-order chi connectivity index (χ0) is 8.67. The first-order chi connectivity index (χ1) is 6.43. The fraction of sp³-hybridized carbons (Fsp3) is 0. The maximum absolute atomic E-state index is 3.48. The molecule has 3 rings (SSSR count). The number of benzene rings is 1. The summed E-state index contributed by atoms with van der Waals surface area (Å²) in [4.78, 5) is 5.76. The van der Waals surface area contributed by atoms with Gasteiger partial charge in [0, 0.05) is 0 Å². The Morgan fingerprint density at radius 2 is 2.08 bits per heavy atom. The molecule has 1 unspecified atom stereocenters. The van der Waals surface area contributed by atoms with Crippen LogP contribution in [0.15, 0.2) is 23.1 Å². The SMILES string of the molecule is [C]1=c2cc3c(cc2C=C[AsH]1)=CC=C3. The Kier molecular flexibility index (Phi) is 1.57. The quantitative estimate of drug-likeness (QED) is 0.567. The molecule has 0 saturated carbocycles. The van der Waals surface area contributed by atoms with Crippen LogP contribution in [0.1, 0.15) is 11.1 Å². The van der Waals surface area contributed by atoms with Gasteiger partial charge in [-0.1, -0.05) is 0 Å². The molecular formula is C12H8As. The molecule has 2 aliphatic rings. The van der Waals surface area contributed by atoms with Gasteiger partial charge >= 0.3 is 83.5 Å². The molecule has 1 heteroatoms. The van der Waals surface area contributed by atoms with E-state index in [4.69, 9.17) is 0 Å². The molecule has 0 fully saturated rings. The van der Waals surface area contributed by atoms with Crippen molar-refractivity contribution in [1.29, 1.82) is 0 Å². The minimum atomic E-state index is -0.0681. The summed E-state index contributed by atoms with van der Waals surface area (Å²) in [6.07, 6.45) is 8.67. The summed E-state index contributed by atoms with van der Waals surface area (Å²) in [5, 5.41) is 2.65. The van der Waals surface area contributed by atoms with Gasteiger partial charge in [-0.05, 0) is 0 Å². The number of hydrogen-bond acceptors (Lipinski definition) is 0. The van der Waals surface area contributed by atoms with Crippen LogP contribution in [0.2, 0.25) is 0 Å². The monoisotopic (exact) mass is 227 g/mol. The van der Waals surface area contributed by atoms with E-state index in [9.17, 15) is 0 Å². The predicted molar refractivity (Wildman–Crippen MR) is 58.8 cm³/mol. The molecule has 1 aromatic rings. The van der Waals surface area contributed by atoms with E-state index in [1.54, 1.807) is 0 Å². The van der Waals surface area contributed by atoms with Gasteiger partial charge in [-0.25, -0.2) is 0 Å². The summed E-state index contributed by atoms with van der Waals surface area (Å²) in [5.41, 5.74) is 2.67. The summed E-state index contributed by atoms with van der Waals surface area (Å²) in [6, 6.07) is 4.50. The zero-order valence-electron chi connectivity index (χ0n) is 7.04. The van der Waals surface area contributed by atoms with Gasteiger partial charge in [0.05, 0.1) is 0 Å². The predicted octanol–water partition coefficient (Wildman–Crippen LogP) is 0.530. The fourth-order valence-electron chi connectivity index (χ4n) is 1.69. The molecule has 0 N–H and O–H groups in total. The summed E-state index contributed by atoms with van der Waals surface area (Å²) < 4.78 is 0. The second kappa shape index (κ2) is 2.75. The summed E-state index contributed by atoms with van der Waals surface area (Å²) >= 11 is -0.0681. The molecule has 1 aliphatic heterocycles. The molecule has 61 valence electrons. The standard InChI is InChI=1S/C12H8As/c1-2-9-6-11-4-5-13-8-12(11)7-10(9)3-1/h1-7,13H. The Balaban J connectivity index is 2.43. The molecule has 0 aromatic heterocycles. The third kappa shape index (κ3) is 1.14. The molecule has 1 atom stereocenters. The van der Waals surface area contributed by atoms with Gasteiger partial charge in [-0.15, -0.1) is 0 Å². The van der Waals surface area contributed by atoms with E-state index >= 15 is 0 Å². The maximum atomic E-state index is 3.48. The van der Waals surface area contributed by atoms with E-state index in [0.717, 1.165) is 0 Å². The summed E-state index contributed by atoms with van der Waals surface area (Å²) in [5.74, 6) is 0. The van der Waals surface area contributed by atoms with E-state index in [1.165, 1.54) is 21.6 Å². The first-order valence-corrected chi connectivity index (χ1v) is 6.57. The van der Waals surface area contributed by atoms with Crippen LogP contribution in [0.4, 0.5) is 0 Å². The van der Waals surface area contributed by atoms with Crippen LogP contribution >= 0.6 is 0 Å². The molecule has 1 radical (unpaired) electrons. The van der Waals surface area contributed by atoms with Gasteiger partial charge in [0.1, 0.15) is 0 Å². The van der Waals surface area contributed by atoms with Crippen LogP contribution in [0.5, 0.6) is 0 Å². The van der Waals surface area contributed by atoms with E-state index in [-0.39, 0.29) is 15.8 Å². The van der Waals surface area contributed by atoms with Gasteiger partial charge < -0.3 is 0 Å². The van der Waals surface area contributed by atoms with Crippen molar-refractivity contribution < 1.29 is 0 Å². The van der Waals surface area contributed by atoms with Crippen LogP contribution in [0, 0.1) is 0 Å². The number of allylic oxidation sites excluding steroid dienone is 1. The molecule has 1 heterocycles. The Morgan fingerprint density at radius 1 is 1.08 bits per heavy atom. The van der Waals surface area contributed by atoms with Crippen molar-refractivity contribution in [2.45, 2.75) is 0 Å². The van der Waals surface area contributed by atoms with Gasteiger partial charge in [0.2, 0.25) is 0 Å². The summed E-state index contributed by atoms with van der Waals surface area (Å²) in [6.45, 7) is 0. The van der Waals surface area contributed by atoms with Crippen molar-refractivity contribution in [2.75, 3.05) is 0 Å². The van der Waals surface area contributed by atoms with Crippen LogP contribution in [0.25, 0.3) is 23.1 Å². The third-order valence-electron chi connectivity index (χ3n) is 2.36. The topological polar surface area (TPSA) is 0 Å². The van der Waals surface area contributed by atoms with Crippen molar-refractivity contribution in [3.63, 3.8) is 0 Å². The van der Waals surface area contributed by atoms with Crippen molar-refractivity contribution in [1.82, 2.24) is 0 Å². The van der Waals surface area contributed by atoms with Gasteiger partial charge in [-0.2, -0.15) is 0 Å². The molecule has 1 aromatic carbocycles. The Bertz CT molecular complexity index is 533. The normalized spacial score (nSPS) is 17.8. The van der Waals surface area contributed by atoms with E-state index in [1.807, 2.05) is 0 Å². The zero-order valence-corrected chi connectivity index (χ0v) is 9.14. The molecule has 0 spiro atoms. The first-order valence-electron chi connectivity index (χ1n) is 4.31. The number of rotatable bonds is 0. The van der Waals surface area contributed by atoms with Crippen LogP contribution in [-0.2, 0) is 0 Å². The van der Waals surface area contributed by atoms with Crippen LogP contribution in [0.3, 0.4) is 0 Å². The Hall–Kier alpha value is -1.00. The Labute approximate surface area is 83.7 Å². The molecular weight excluding hydrogens is 219 g/mol. The summed E-state index contributed by atoms with van der Waals surface area (Å²) in [7, 11) is 0. The molecule has 0 saturated heterocycles.